The summed E-state index contributed by atoms with van der Waals surface area (Å²) in [7, 11) is 0. The fourth-order valence-electron chi connectivity index (χ4n) is 2.43. The molecule has 1 N–H and O–H groups in total. The van der Waals surface area contributed by atoms with Gasteiger partial charge in [-0.05, 0) is 23.8 Å². The molecule has 136 valence electrons. The summed E-state index contributed by atoms with van der Waals surface area (Å²) in [5, 5.41) is 2.47. The van der Waals surface area contributed by atoms with Gasteiger partial charge in [0, 0.05) is 11.0 Å². The number of halogens is 3. The molecule has 0 radical (unpaired) electrons. The third-order valence-corrected chi connectivity index (χ3v) is 4.69. The van der Waals surface area contributed by atoms with E-state index in [1.807, 2.05) is 0 Å². The molecule has 3 rings (SSSR count). The van der Waals surface area contributed by atoms with Crippen LogP contribution in [0.3, 0.4) is 0 Å². The fourth-order valence-corrected chi connectivity index (χ4v) is 3.22. The molecule has 0 aliphatic carbocycles. The topological polar surface area (TPSA) is 62.3 Å². The van der Waals surface area contributed by atoms with Crippen molar-refractivity contribution in [1.29, 1.82) is 0 Å². The monoisotopic (exact) mass is 381 g/mol. The van der Waals surface area contributed by atoms with Crippen LogP contribution in [0.15, 0.2) is 35.9 Å². The number of thiazole rings is 1. The van der Waals surface area contributed by atoms with Gasteiger partial charge in [0.15, 0.2) is 0 Å². The third kappa shape index (κ3) is 4.29. The normalized spacial score (nSPS) is 13.9. The predicted octanol–water partition coefficient (Wildman–Crippen LogP) is 2.83. The van der Waals surface area contributed by atoms with Gasteiger partial charge in [0.05, 0.1) is 36.4 Å². The zero-order valence-corrected chi connectivity index (χ0v) is 14.2. The molecule has 0 saturated carbocycles. The molecule has 0 spiro atoms. The first-order chi connectivity index (χ1) is 12.3. The maximum Gasteiger partial charge on any atom is 0.416 e. The molecule has 0 bridgehead atoms. The highest BCUT2D eigenvalue weighted by Gasteiger charge is 2.29. The van der Waals surface area contributed by atoms with E-state index >= 15 is 0 Å². The van der Waals surface area contributed by atoms with Crippen LogP contribution in [-0.4, -0.2) is 28.2 Å². The molecule has 0 fully saturated rings. The van der Waals surface area contributed by atoms with Crippen molar-refractivity contribution in [3.05, 3.63) is 57.6 Å². The molecule has 0 atom stereocenters. The lowest BCUT2D eigenvalue weighted by Crippen LogP contribution is -2.37. The smallest absolute Gasteiger partial charge is 0.343 e. The molecule has 1 aromatic heterocycles. The first-order valence-corrected chi connectivity index (χ1v) is 8.53. The Morgan fingerprint density at radius 3 is 2.62 bits per heavy atom. The molecule has 2 amide bonds. The average Bonchev–Trinajstić information content (AvgIpc) is 3.19. The quantitative estimate of drug-likeness (QED) is 0.829. The summed E-state index contributed by atoms with van der Waals surface area (Å²) in [6, 6.07) is 4.43. The van der Waals surface area contributed by atoms with Gasteiger partial charge in [-0.3, -0.25) is 9.59 Å². The van der Waals surface area contributed by atoms with Crippen molar-refractivity contribution in [2.24, 2.45) is 0 Å². The van der Waals surface area contributed by atoms with Crippen LogP contribution in [0.4, 0.5) is 13.2 Å². The Balaban J connectivity index is 1.47. The van der Waals surface area contributed by atoms with Crippen LogP contribution in [-0.2, 0) is 28.9 Å². The second-order valence-corrected chi connectivity index (χ2v) is 6.58. The Bertz CT molecular complexity index is 823. The van der Waals surface area contributed by atoms with E-state index in [1.54, 1.807) is 10.4 Å². The number of alkyl halides is 3. The van der Waals surface area contributed by atoms with E-state index in [0.717, 1.165) is 22.7 Å². The Morgan fingerprint density at radius 1 is 1.23 bits per heavy atom. The number of carbonyl (C=O) groups excluding carboxylic acids is 2. The first kappa shape index (κ1) is 18.1. The van der Waals surface area contributed by atoms with Gasteiger partial charge in [0.1, 0.15) is 0 Å². The number of amides is 2. The molecule has 26 heavy (non-hydrogen) atoms. The van der Waals surface area contributed by atoms with Crippen molar-refractivity contribution in [2.75, 3.05) is 6.54 Å². The fraction of sp³-hybridized carbons (Fsp3) is 0.235. The molecular formula is C17H14F3N3O2S. The number of rotatable bonds is 4. The molecule has 1 aliphatic rings. The van der Waals surface area contributed by atoms with Crippen LogP contribution < -0.4 is 5.32 Å². The Hall–Kier alpha value is -2.68. The van der Waals surface area contributed by atoms with Crippen molar-refractivity contribution in [3.8, 4) is 0 Å². The number of benzene rings is 1. The van der Waals surface area contributed by atoms with E-state index in [1.165, 1.54) is 35.6 Å². The van der Waals surface area contributed by atoms with Crippen LogP contribution in [0.2, 0.25) is 0 Å². The van der Waals surface area contributed by atoms with Gasteiger partial charge in [0.25, 0.3) is 0 Å². The largest absolute Gasteiger partial charge is 0.416 e. The summed E-state index contributed by atoms with van der Waals surface area (Å²) in [6.45, 7) is 0.788. The van der Waals surface area contributed by atoms with E-state index in [0.29, 0.717) is 18.7 Å². The molecule has 0 saturated heterocycles. The molecule has 2 aromatic rings. The standard InChI is InChI=1S/C17H14F3N3O2S/c18-17(19,20)12-4-1-11(2-5-12)3-6-15(24)21-7-16(25)23-8-13-14(9-23)26-10-22-13/h1-6,10H,7-9H2,(H,21,24)/b6-3+. The minimum Gasteiger partial charge on any atom is -0.343 e. The van der Waals surface area contributed by atoms with Crippen molar-refractivity contribution < 1.29 is 22.8 Å². The highest BCUT2D eigenvalue weighted by Crippen LogP contribution is 2.29. The number of hydrogen-bond acceptors (Lipinski definition) is 4. The number of nitrogens with one attached hydrogen (secondary N) is 1. The average molecular weight is 381 g/mol. The second kappa shape index (κ2) is 7.28. The zero-order chi connectivity index (χ0) is 18.7. The number of hydrogen-bond donors (Lipinski definition) is 1. The molecule has 1 aromatic carbocycles. The van der Waals surface area contributed by atoms with Crippen LogP contribution in [0.5, 0.6) is 0 Å². The van der Waals surface area contributed by atoms with Crippen molar-refractivity contribution in [2.45, 2.75) is 19.3 Å². The van der Waals surface area contributed by atoms with E-state index in [-0.39, 0.29) is 12.5 Å². The summed E-state index contributed by atoms with van der Waals surface area (Å²) < 4.78 is 37.4. The maximum atomic E-state index is 12.5. The Morgan fingerprint density at radius 2 is 1.96 bits per heavy atom. The van der Waals surface area contributed by atoms with Gasteiger partial charge >= 0.3 is 6.18 Å². The van der Waals surface area contributed by atoms with Gasteiger partial charge in [-0.25, -0.2) is 4.98 Å². The summed E-state index contributed by atoms with van der Waals surface area (Å²) in [5.74, 6) is -0.711. The number of carbonyl (C=O) groups is 2. The zero-order valence-electron chi connectivity index (χ0n) is 13.4. The molecule has 1 aliphatic heterocycles. The summed E-state index contributed by atoms with van der Waals surface area (Å²) in [4.78, 5) is 30.7. The summed E-state index contributed by atoms with van der Waals surface area (Å²) in [6.07, 6.45) is -1.83. The molecule has 2 heterocycles. The highest BCUT2D eigenvalue weighted by atomic mass is 32.1. The molecular weight excluding hydrogens is 367 g/mol. The Kier molecular flexibility index (Phi) is 5.08. The summed E-state index contributed by atoms with van der Waals surface area (Å²) >= 11 is 1.49. The highest BCUT2D eigenvalue weighted by molar-refractivity contribution is 7.09. The molecule has 9 heteroatoms. The lowest BCUT2D eigenvalue weighted by Gasteiger charge is -2.15. The lowest BCUT2D eigenvalue weighted by molar-refractivity contribution is -0.137. The Labute approximate surface area is 151 Å². The van der Waals surface area contributed by atoms with E-state index in [9.17, 15) is 22.8 Å². The van der Waals surface area contributed by atoms with Crippen LogP contribution in [0.1, 0.15) is 21.7 Å². The van der Waals surface area contributed by atoms with E-state index in [2.05, 4.69) is 10.3 Å². The van der Waals surface area contributed by atoms with Crippen molar-refractivity contribution >= 4 is 29.2 Å². The van der Waals surface area contributed by atoms with Gasteiger partial charge in [-0.15, -0.1) is 11.3 Å². The minimum absolute atomic E-state index is 0.148. The van der Waals surface area contributed by atoms with Gasteiger partial charge in [-0.1, -0.05) is 12.1 Å². The van der Waals surface area contributed by atoms with Crippen molar-refractivity contribution in [1.82, 2.24) is 15.2 Å². The van der Waals surface area contributed by atoms with Crippen LogP contribution in [0.25, 0.3) is 6.08 Å². The first-order valence-electron chi connectivity index (χ1n) is 7.65. The lowest BCUT2D eigenvalue weighted by atomic mass is 10.1. The van der Waals surface area contributed by atoms with Gasteiger partial charge in [-0.2, -0.15) is 13.2 Å². The second-order valence-electron chi connectivity index (χ2n) is 5.64. The molecule has 5 nitrogen and oxygen atoms in total. The van der Waals surface area contributed by atoms with Gasteiger partial charge < -0.3 is 10.2 Å². The SMILES string of the molecule is O=C(/C=C/c1ccc(C(F)(F)F)cc1)NCC(=O)N1Cc2ncsc2C1. The summed E-state index contributed by atoms with van der Waals surface area (Å²) in [5.41, 5.74) is 2.32. The van der Waals surface area contributed by atoms with E-state index in [4.69, 9.17) is 0 Å². The van der Waals surface area contributed by atoms with Gasteiger partial charge in [0.2, 0.25) is 11.8 Å². The minimum atomic E-state index is -4.39. The number of nitrogens with zero attached hydrogens (tertiary/aromatic N) is 2. The predicted molar refractivity (Wildman–Crippen MR) is 89.9 cm³/mol. The maximum absolute atomic E-state index is 12.5. The van der Waals surface area contributed by atoms with E-state index < -0.39 is 17.6 Å². The third-order valence-electron chi connectivity index (χ3n) is 3.83. The number of aromatic nitrogens is 1. The molecule has 0 unspecified atom stereocenters. The van der Waals surface area contributed by atoms with Crippen LogP contribution >= 0.6 is 11.3 Å². The van der Waals surface area contributed by atoms with Crippen LogP contribution in [0, 0.1) is 0 Å². The van der Waals surface area contributed by atoms with Crippen molar-refractivity contribution in [3.63, 3.8) is 0 Å². The number of fused-ring (bicyclic) bond motifs is 1.